The van der Waals surface area contributed by atoms with E-state index in [1.165, 1.54) is 5.56 Å². The topological polar surface area (TPSA) is 61.4 Å². The molecule has 0 aliphatic rings. The van der Waals surface area contributed by atoms with Gasteiger partial charge < -0.3 is 0 Å². The summed E-state index contributed by atoms with van der Waals surface area (Å²) in [5.41, 5.74) is 4.32. The molecule has 27 heavy (non-hydrogen) atoms. The molecule has 0 spiro atoms. The molecule has 0 saturated carbocycles. The van der Waals surface area contributed by atoms with Gasteiger partial charge in [-0.2, -0.15) is 9.90 Å². The van der Waals surface area contributed by atoms with Crippen molar-refractivity contribution >= 4 is 38.5 Å². The number of para-hydroxylation sites is 1. The fraction of sp³-hybridized carbons (Fsp3) is 0.158. The van der Waals surface area contributed by atoms with Gasteiger partial charge in [-0.25, -0.2) is 4.68 Å². The van der Waals surface area contributed by atoms with Crippen LogP contribution in [-0.4, -0.2) is 30.0 Å². The van der Waals surface area contributed by atoms with Crippen LogP contribution in [0.2, 0.25) is 0 Å². The number of halogens is 2. The molecule has 0 N–H and O–H groups in total. The summed E-state index contributed by atoms with van der Waals surface area (Å²) in [4.78, 5) is 1.60. The molecule has 8 heteroatoms. The summed E-state index contributed by atoms with van der Waals surface area (Å²) in [7, 11) is 0. The molecule has 4 aromatic rings. The van der Waals surface area contributed by atoms with Gasteiger partial charge in [0.1, 0.15) is 3.70 Å². The number of aryl methyl sites for hydroxylation is 1. The number of hydrogen-bond donors (Lipinski definition) is 0. The highest BCUT2D eigenvalue weighted by atomic mass is 127. The monoisotopic (exact) mass is 534 g/mol. The molecule has 0 bridgehead atoms. The highest BCUT2D eigenvalue weighted by Gasteiger charge is 2.17. The molecule has 2 aromatic carbocycles. The van der Waals surface area contributed by atoms with Gasteiger partial charge >= 0.3 is 0 Å². The van der Waals surface area contributed by atoms with Gasteiger partial charge in [-0.1, -0.05) is 53.2 Å². The lowest BCUT2D eigenvalue weighted by Crippen LogP contribution is -2.04. The van der Waals surface area contributed by atoms with Crippen molar-refractivity contribution in [1.82, 2.24) is 30.0 Å². The highest BCUT2D eigenvalue weighted by molar-refractivity contribution is 14.1. The molecule has 2 aromatic heterocycles. The molecule has 0 aliphatic heterocycles. The van der Waals surface area contributed by atoms with Crippen LogP contribution in [0.4, 0.5) is 0 Å². The second-order valence-corrected chi connectivity index (χ2v) is 7.95. The molecular weight excluding hydrogens is 519 g/mol. The summed E-state index contributed by atoms with van der Waals surface area (Å²) in [5, 5.41) is 17.5. The predicted octanol–water partition coefficient (Wildman–Crippen LogP) is 4.50. The number of aromatic nitrogens is 6. The Balaban J connectivity index is 1.62. The molecule has 0 fully saturated rings. The fourth-order valence-electron chi connectivity index (χ4n) is 2.84. The van der Waals surface area contributed by atoms with Gasteiger partial charge in [0.05, 0.1) is 24.0 Å². The van der Waals surface area contributed by atoms with Crippen LogP contribution in [0.1, 0.15) is 18.1 Å². The number of tetrazole rings is 1. The third kappa shape index (κ3) is 3.81. The van der Waals surface area contributed by atoms with Crippen molar-refractivity contribution < 1.29 is 0 Å². The summed E-state index contributed by atoms with van der Waals surface area (Å²) in [6, 6.07) is 16.4. The van der Waals surface area contributed by atoms with Gasteiger partial charge in [-0.15, -0.1) is 10.2 Å². The van der Waals surface area contributed by atoms with E-state index in [1.807, 2.05) is 35.0 Å². The fourth-order valence-corrected chi connectivity index (χ4v) is 3.87. The summed E-state index contributed by atoms with van der Waals surface area (Å²) < 4.78 is 3.95. The van der Waals surface area contributed by atoms with E-state index in [-0.39, 0.29) is 0 Å². The van der Waals surface area contributed by atoms with Crippen molar-refractivity contribution in [1.29, 1.82) is 0 Å². The number of nitrogens with zero attached hydrogens (tertiary/aromatic N) is 6. The number of rotatable bonds is 5. The summed E-state index contributed by atoms with van der Waals surface area (Å²) >= 11 is 5.74. The Hall–Kier alpha value is -2.07. The molecule has 0 atom stereocenters. The Kier molecular flexibility index (Phi) is 5.35. The van der Waals surface area contributed by atoms with Gasteiger partial charge in [0, 0.05) is 4.47 Å². The maximum absolute atomic E-state index is 4.56. The molecule has 0 radical (unpaired) electrons. The molecule has 4 rings (SSSR count). The van der Waals surface area contributed by atoms with E-state index >= 15 is 0 Å². The van der Waals surface area contributed by atoms with Crippen molar-refractivity contribution in [2.24, 2.45) is 0 Å². The van der Waals surface area contributed by atoms with Crippen LogP contribution in [0, 0.1) is 3.70 Å². The molecule has 0 amide bonds. The minimum absolute atomic E-state index is 0.573. The smallest absolute Gasteiger partial charge is 0.209 e. The Morgan fingerprint density at radius 2 is 1.85 bits per heavy atom. The van der Waals surface area contributed by atoms with Crippen LogP contribution in [0.3, 0.4) is 0 Å². The highest BCUT2D eigenvalue weighted by Crippen LogP contribution is 2.25. The Morgan fingerprint density at radius 3 is 2.63 bits per heavy atom. The maximum Gasteiger partial charge on any atom is 0.209 e. The predicted molar refractivity (Wildman–Crippen MR) is 116 cm³/mol. The first-order chi connectivity index (χ1) is 13.2. The van der Waals surface area contributed by atoms with Gasteiger partial charge in [-0.3, -0.25) is 0 Å². The van der Waals surface area contributed by atoms with Crippen LogP contribution in [0.5, 0.6) is 0 Å². The minimum atomic E-state index is 0.573. The Morgan fingerprint density at radius 1 is 1.07 bits per heavy atom. The van der Waals surface area contributed by atoms with Crippen LogP contribution in [-0.2, 0) is 13.0 Å². The van der Waals surface area contributed by atoms with E-state index in [4.69, 9.17) is 0 Å². The first-order valence-corrected chi connectivity index (χ1v) is 10.4. The maximum atomic E-state index is 4.56. The first kappa shape index (κ1) is 18.3. The second-order valence-electron chi connectivity index (χ2n) is 6.01. The molecular formula is C19H16BrIN6. The van der Waals surface area contributed by atoms with Crippen molar-refractivity contribution in [2.45, 2.75) is 19.9 Å². The Bertz CT molecular complexity index is 1070. The normalized spacial score (nSPS) is 11.1. The van der Waals surface area contributed by atoms with Gasteiger partial charge in [0.25, 0.3) is 0 Å². The standard InChI is InChI=1S/C19H16BrIN6/c1-2-14-5-3-4-6-17(14)27-18(21)16(11-22-27)19-23-25-26(24-19)12-13-7-9-15(20)10-8-13/h3-11H,2,12H2,1H3. The molecule has 0 saturated heterocycles. The number of hydrogen-bond acceptors (Lipinski definition) is 4. The zero-order chi connectivity index (χ0) is 18.8. The third-order valence-corrected chi connectivity index (χ3v) is 5.81. The SMILES string of the molecule is CCc1ccccc1-n1ncc(-c2nnn(Cc3ccc(Br)cc3)n2)c1I. The first-order valence-electron chi connectivity index (χ1n) is 8.50. The zero-order valence-corrected chi connectivity index (χ0v) is 18.3. The minimum Gasteiger partial charge on any atom is -0.227 e. The summed E-state index contributed by atoms with van der Waals surface area (Å²) in [6.07, 6.45) is 2.75. The Labute approximate surface area is 178 Å². The second kappa shape index (κ2) is 7.89. The van der Waals surface area contributed by atoms with Crippen molar-refractivity contribution in [2.75, 3.05) is 0 Å². The van der Waals surface area contributed by atoms with Crippen LogP contribution in [0.25, 0.3) is 17.1 Å². The van der Waals surface area contributed by atoms with Gasteiger partial charge in [-0.05, 0) is 63.6 Å². The lowest BCUT2D eigenvalue weighted by Gasteiger charge is -2.08. The van der Waals surface area contributed by atoms with Crippen LogP contribution in [0.15, 0.2) is 59.2 Å². The van der Waals surface area contributed by atoms with E-state index in [9.17, 15) is 0 Å². The molecule has 0 aliphatic carbocycles. The quantitative estimate of drug-likeness (QED) is 0.354. The van der Waals surface area contributed by atoms with E-state index < -0.39 is 0 Å². The average Bonchev–Trinajstić information content (AvgIpc) is 3.30. The number of benzene rings is 2. The van der Waals surface area contributed by atoms with Crippen LogP contribution < -0.4 is 0 Å². The van der Waals surface area contributed by atoms with Gasteiger partial charge in [0.15, 0.2) is 0 Å². The van der Waals surface area contributed by atoms with Gasteiger partial charge in [0.2, 0.25) is 5.82 Å². The third-order valence-electron chi connectivity index (χ3n) is 4.24. The molecule has 0 unspecified atom stereocenters. The molecule has 6 nitrogen and oxygen atoms in total. The summed E-state index contributed by atoms with van der Waals surface area (Å²) in [5.74, 6) is 0.580. The van der Waals surface area contributed by atoms with Crippen molar-refractivity contribution in [3.63, 3.8) is 0 Å². The molecule has 2 heterocycles. The lowest BCUT2D eigenvalue weighted by molar-refractivity contribution is 0.573. The van der Waals surface area contributed by atoms with E-state index in [1.54, 1.807) is 11.0 Å². The van der Waals surface area contributed by atoms with Crippen molar-refractivity contribution in [3.05, 3.63) is 74.0 Å². The van der Waals surface area contributed by atoms with Crippen molar-refractivity contribution in [3.8, 4) is 17.1 Å². The summed E-state index contributed by atoms with van der Waals surface area (Å²) in [6.45, 7) is 2.72. The molecule has 136 valence electrons. The average molecular weight is 535 g/mol. The zero-order valence-electron chi connectivity index (χ0n) is 14.5. The largest absolute Gasteiger partial charge is 0.227 e. The van der Waals surface area contributed by atoms with E-state index in [0.717, 1.165) is 31.4 Å². The lowest BCUT2D eigenvalue weighted by atomic mass is 10.1. The van der Waals surface area contributed by atoms with Crippen LogP contribution >= 0.6 is 38.5 Å². The van der Waals surface area contributed by atoms with E-state index in [2.05, 4.69) is 84.2 Å². The van der Waals surface area contributed by atoms with E-state index in [0.29, 0.717) is 12.4 Å².